The fraction of sp³-hybridized carbons (Fsp3) is 0.294. The van der Waals surface area contributed by atoms with Crippen molar-refractivity contribution >= 4 is 15.9 Å². The normalized spacial score (nSPS) is 18.0. The smallest absolute Gasteiger partial charge is 0.251 e. The molecule has 8 heteroatoms. The molecule has 1 N–H and O–H groups in total. The third kappa shape index (κ3) is 3.80. The lowest BCUT2D eigenvalue weighted by atomic mass is 10.2. The molecule has 0 bridgehead atoms. The molecule has 2 aromatic rings. The van der Waals surface area contributed by atoms with Crippen molar-refractivity contribution < 1.29 is 17.9 Å². The first-order valence-electron chi connectivity index (χ1n) is 7.89. The number of amides is 1. The molecular weight excluding hydrogens is 342 g/mol. The first-order chi connectivity index (χ1) is 12.0. The summed E-state index contributed by atoms with van der Waals surface area (Å²) >= 11 is 0. The summed E-state index contributed by atoms with van der Waals surface area (Å²) in [7, 11) is -2.08. The van der Waals surface area contributed by atoms with Crippen molar-refractivity contribution in [1.29, 1.82) is 0 Å². The Kier molecular flexibility index (Phi) is 5.00. The molecule has 0 spiro atoms. The van der Waals surface area contributed by atoms with Gasteiger partial charge in [-0.05, 0) is 42.8 Å². The van der Waals surface area contributed by atoms with Crippen LogP contribution < -0.4 is 10.1 Å². The van der Waals surface area contributed by atoms with Crippen molar-refractivity contribution in [2.75, 3.05) is 20.1 Å². The van der Waals surface area contributed by atoms with Gasteiger partial charge in [0.2, 0.25) is 10.0 Å². The molecule has 0 aliphatic carbocycles. The first-order valence-corrected chi connectivity index (χ1v) is 9.33. The highest BCUT2D eigenvalue weighted by Gasteiger charge is 2.33. The lowest BCUT2D eigenvalue weighted by Crippen LogP contribution is -2.31. The largest absolute Gasteiger partial charge is 0.487 e. The van der Waals surface area contributed by atoms with Crippen LogP contribution in [0.3, 0.4) is 0 Å². The number of benzene rings is 1. The fourth-order valence-electron chi connectivity index (χ4n) is 2.69. The summed E-state index contributed by atoms with van der Waals surface area (Å²) in [5.41, 5.74) is 0.417. The Hall–Kier alpha value is -2.45. The molecule has 0 saturated carbocycles. The molecule has 1 aliphatic heterocycles. The van der Waals surface area contributed by atoms with Crippen LogP contribution in [0.15, 0.2) is 53.7 Å². The Morgan fingerprint density at radius 1 is 1.28 bits per heavy atom. The van der Waals surface area contributed by atoms with E-state index in [0.29, 0.717) is 24.3 Å². The van der Waals surface area contributed by atoms with E-state index in [1.165, 1.54) is 35.6 Å². The van der Waals surface area contributed by atoms with E-state index in [4.69, 9.17) is 4.74 Å². The van der Waals surface area contributed by atoms with Gasteiger partial charge in [0.15, 0.2) is 0 Å². The lowest BCUT2D eigenvalue weighted by molar-refractivity contribution is 0.0963. The van der Waals surface area contributed by atoms with Crippen molar-refractivity contribution in [3.63, 3.8) is 0 Å². The number of nitrogens with one attached hydrogen (secondary N) is 1. The van der Waals surface area contributed by atoms with Crippen LogP contribution in [0.2, 0.25) is 0 Å². The maximum Gasteiger partial charge on any atom is 0.251 e. The number of carbonyl (C=O) groups excluding carboxylic acids is 1. The van der Waals surface area contributed by atoms with Crippen molar-refractivity contribution in [2.24, 2.45) is 0 Å². The second kappa shape index (κ2) is 7.20. The van der Waals surface area contributed by atoms with Crippen LogP contribution >= 0.6 is 0 Å². The second-order valence-electron chi connectivity index (χ2n) is 5.68. The summed E-state index contributed by atoms with van der Waals surface area (Å²) < 4.78 is 32.7. The van der Waals surface area contributed by atoms with Crippen LogP contribution in [0.25, 0.3) is 0 Å². The van der Waals surface area contributed by atoms with E-state index in [-0.39, 0.29) is 23.5 Å². The Balaban J connectivity index is 1.69. The molecule has 25 heavy (non-hydrogen) atoms. The van der Waals surface area contributed by atoms with Gasteiger partial charge in [-0.3, -0.25) is 9.78 Å². The van der Waals surface area contributed by atoms with Crippen molar-refractivity contribution in [2.45, 2.75) is 17.4 Å². The topological polar surface area (TPSA) is 88.6 Å². The first kappa shape index (κ1) is 17.4. The van der Waals surface area contributed by atoms with Crippen LogP contribution in [0.1, 0.15) is 16.8 Å². The number of rotatable bonds is 5. The standard InChI is InChI=1S/C17H19N3O4S/c1-18-17(21)13-4-6-16(7-5-13)25(22,23)20-10-8-15(12-20)24-14-3-2-9-19-11-14/h2-7,9,11,15H,8,10,12H2,1H3,(H,18,21)/t15-/m1/s1. The van der Waals surface area contributed by atoms with Crippen LogP contribution in [0.4, 0.5) is 0 Å². The molecule has 1 aliphatic rings. The highest BCUT2D eigenvalue weighted by molar-refractivity contribution is 7.89. The maximum absolute atomic E-state index is 12.7. The highest BCUT2D eigenvalue weighted by Crippen LogP contribution is 2.24. The van der Waals surface area contributed by atoms with Crippen molar-refractivity contribution in [3.05, 3.63) is 54.4 Å². The minimum atomic E-state index is -3.61. The Morgan fingerprint density at radius 2 is 2.04 bits per heavy atom. The lowest BCUT2D eigenvalue weighted by Gasteiger charge is -2.17. The summed E-state index contributed by atoms with van der Waals surface area (Å²) in [6, 6.07) is 9.48. The molecule has 1 saturated heterocycles. The van der Waals surface area contributed by atoms with Gasteiger partial charge in [0, 0.05) is 25.4 Å². The highest BCUT2D eigenvalue weighted by atomic mass is 32.2. The zero-order valence-corrected chi connectivity index (χ0v) is 14.6. The minimum Gasteiger partial charge on any atom is -0.487 e. The van der Waals surface area contributed by atoms with Gasteiger partial charge in [-0.1, -0.05) is 0 Å². The second-order valence-corrected chi connectivity index (χ2v) is 7.62. The van der Waals surface area contributed by atoms with Gasteiger partial charge in [-0.25, -0.2) is 8.42 Å². The SMILES string of the molecule is CNC(=O)c1ccc(S(=O)(=O)N2CC[C@@H](Oc3cccnc3)C2)cc1. The maximum atomic E-state index is 12.7. The summed E-state index contributed by atoms with van der Waals surface area (Å²) in [4.78, 5) is 15.7. The predicted octanol–water partition coefficient (Wildman–Crippen LogP) is 1.28. The monoisotopic (exact) mass is 361 g/mol. The van der Waals surface area contributed by atoms with Gasteiger partial charge < -0.3 is 10.1 Å². The van der Waals surface area contributed by atoms with E-state index in [0.717, 1.165) is 0 Å². The van der Waals surface area contributed by atoms with E-state index in [1.807, 2.05) is 0 Å². The summed E-state index contributed by atoms with van der Waals surface area (Å²) in [5, 5.41) is 2.50. The number of pyridine rings is 1. The minimum absolute atomic E-state index is 0.169. The Morgan fingerprint density at radius 3 is 2.68 bits per heavy atom. The molecule has 132 valence electrons. The number of ether oxygens (including phenoxy) is 1. The number of nitrogens with zero attached hydrogens (tertiary/aromatic N) is 2. The molecular formula is C17H19N3O4S. The number of aromatic nitrogens is 1. The molecule has 0 unspecified atom stereocenters. The molecule has 1 atom stereocenters. The van der Waals surface area contributed by atoms with Gasteiger partial charge in [-0.15, -0.1) is 0 Å². The Labute approximate surface area is 146 Å². The van der Waals surface area contributed by atoms with Crippen molar-refractivity contribution in [3.8, 4) is 5.75 Å². The van der Waals surface area contributed by atoms with Crippen LogP contribution in [0, 0.1) is 0 Å². The predicted molar refractivity (Wildman–Crippen MR) is 91.9 cm³/mol. The van der Waals surface area contributed by atoms with E-state index in [1.54, 1.807) is 24.5 Å². The molecule has 3 rings (SSSR count). The Bertz CT molecular complexity index is 838. The van der Waals surface area contributed by atoms with Gasteiger partial charge in [0.05, 0.1) is 17.6 Å². The third-order valence-electron chi connectivity index (χ3n) is 4.03. The van der Waals surface area contributed by atoms with Crippen LogP contribution in [-0.4, -0.2) is 49.9 Å². The number of sulfonamides is 1. The number of hydrogen-bond acceptors (Lipinski definition) is 5. The van der Waals surface area contributed by atoms with E-state index >= 15 is 0 Å². The molecule has 2 heterocycles. The molecule has 1 amide bonds. The van der Waals surface area contributed by atoms with Crippen molar-refractivity contribution in [1.82, 2.24) is 14.6 Å². The van der Waals surface area contributed by atoms with Gasteiger partial charge in [0.1, 0.15) is 11.9 Å². The number of carbonyl (C=O) groups is 1. The quantitative estimate of drug-likeness (QED) is 0.867. The fourth-order valence-corrected chi connectivity index (χ4v) is 4.18. The molecule has 7 nitrogen and oxygen atoms in total. The molecule has 1 aromatic heterocycles. The van der Waals surface area contributed by atoms with Crippen LogP contribution in [0.5, 0.6) is 5.75 Å². The zero-order chi connectivity index (χ0) is 17.9. The van der Waals surface area contributed by atoms with E-state index in [9.17, 15) is 13.2 Å². The van der Waals surface area contributed by atoms with Gasteiger partial charge >= 0.3 is 0 Å². The average molecular weight is 361 g/mol. The summed E-state index contributed by atoms with van der Waals surface area (Å²) in [6.45, 7) is 0.679. The molecule has 1 fully saturated rings. The van der Waals surface area contributed by atoms with Crippen LogP contribution in [-0.2, 0) is 10.0 Å². The zero-order valence-electron chi connectivity index (χ0n) is 13.8. The van der Waals surface area contributed by atoms with E-state index < -0.39 is 10.0 Å². The molecule has 0 radical (unpaired) electrons. The summed E-state index contributed by atoms with van der Waals surface area (Å²) in [5.74, 6) is 0.372. The van der Waals surface area contributed by atoms with E-state index in [2.05, 4.69) is 10.3 Å². The van der Waals surface area contributed by atoms with Gasteiger partial charge in [-0.2, -0.15) is 4.31 Å². The molecule has 1 aromatic carbocycles. The number of hydrogen-bond donors (Lipinski definition) is 1. The third-order valence-corrected chi connectivity index (χ3v) is 5.91. The van der Waals surface area contributed by atoms with Gasteiger partial charge in [0.25, 0.3) is 5.91 Å². The summed E-state index contributed by atoms with van der Waals surface area (Å²) in [6.07, 6.45) is 3.67. The average Bonchev–Trinajstić information content (AvgIpc) is 3.11.